The van der Waals surface area contributed by atoms with E-state index >= 15 is 0 Å². The Hall–Kier alpha value is -2.75. The Morgan fingerprint density at radius 2 is 1.84 bits per heavy atom. The van der Waals surface area contributed by atoms with Crippen LogP contribution in [-0.4, -0.2) is 50.9 Å². The van der Waals surface area contributed by atoms with Crippen molar-refractivity contribution in [1.82, 2.24) is 9.29 Å². The average molecular weight is 472 g/mol. The third kappa shape index (κ3) is 4.69. The van der Waals surface area contributed by atoms with Crippen molar-refractivity contribution in [2.45, 2.75) is 24.3 Å². The number of aromatic nitrogens is 1. The fourth-order valence-electron chi connectivity index (χ4n) is 3.59. The predicted octanol–water partition coefficient (Wildman–Crippen LogP) is 4.02. The maximum atomic E-state index is 13.0. The molecule has 3 aromatic rings. The first kappa shape index (κ1) is 22.4. The van der Waals surface area contributed by atoms with E-state index in [-0.39, 0.29) is 17.1 Å². The quantitative estimate of drug-likeness (QED) is 0.484. The van der Waals surface area contributed by atoms with E-state index in [1.807, 2.05) is 35.7 Å². The zero-order valence-corrected chi connectivity index (χ0v) is 19.7. The normalized spacial score (nSPS) is 14.2. The zero-order valence-electron chi connectivity index (χ0n) is 18.0. The van der Waals surface area contributed by atoms with Crippen LogP contribution >= 0.6 is 11.3 Å². The molecule has 0 bridgehead atoms. The molecule has 1 aliphatic heterocycles. The summed E-state index contributed by atoms with van der Waals surface area (Å²) in [6.07, 6.45) is 2.07. The molecule has 2 heterocycles. The number of nitrogens with zero attached hydrogens (tertiary/aromatic N) is 3. The van der Waals surface area contributed by atoms with E-state index in [4.69, 9.17) is 4.74 Å². The molecule has 2 aromatic carbocycles. The van der Waals surface area contributed by atoms with Crippen LogP contribution in [0.5, 0.6) is 0 Å². The van der Waals surface area contributed by atoms with Crippen molar-refractivity contribution in [3.8, 4) is 10.6 Å². The summed E-state index contributed by atoms with van der Waals surface area (Å²) in [7, 11) is -0.738. The van der Waals surface area contributed by atoms with Gasteiger partial charge in [0.15, 0.2) is 0 Å². The fourth-order valence-corrected chi connectivity index (χ4v) is 5.33. The van der Waals surface area contributed by atoms with Crippen molar-refractivity contribution in [2.24, 2.45) is 0 Å². The molecule has 0 saturated carbocycles. The first-order chi connectivity index (χ1) is 15.4. The van der Waals surface area contributed by atoms with Crippen LogP contribution in [0.4, 0.5) is 5.69 Å². The molecular weight excluding hydrogens is 446 g/mol. The predicted molar refractivity (Wildman–Crippen MR) is 125 cm³/mol. The molecule has 1 aliphatic rings. The van der Waals surface area contributed by atoms with Gasteiger partial charge in [-0.1, -0.05) is 30.3 Å². The molecule has 1 saturated heterocycles. The lowest BCUT2D eigenvalue weighted by atomic mass is 10.1. The van der Waals surface area contributed by atoms with E-state index in [9.17, 15) is 13.2 Å². The Morgan fingerprint density at radius 1 is 1.12 bits per heavy atom. The van der Waals surface area contributed by atoms with Crippen molar-refractivity contribution in [3.63, 3.8) is 0 Å². The molecule has 0 amide bonds. The van der Waals surface area contributed by atoms with Crippen molar-refractivity contribution in [2.75, 3.05) is 32.1 Å². The number of benzene rings is 2. The van der Waals surface area contributed by atoms with E-state index in [0.29, 0.717) is 11.4 Å². The van der Waals surface area contributed by atoms with Crippen LogP contribution in [0.15, 0.2) is 58.8 Å². The van der Waals surface area contributed by atoms with Gasteiger partial charge in [0, 0.05) is 38.1 Å². The molecule has 32 heavy (non-hydrogen) atoms. The second-order valence-electron chi connectivity index (χ2n) is 7.75. The highest BCUT2D eigenvalue weighted by Gasteiger charge is 2.25. The van der Waals surface area contributed by atoms with Gasteiger partial charge in [0.05, 0.1) is 21.8 Å². The van der Waals surface area contributed by atoms with Crippen LogP contribution in [-0.2, 0) is 21.4 Å². The highest BCUT2D eigenvalue weighted by Crippen LogP contribution is 2.29. The first-order valence-corrected chi connectivity index (χ1v) is 12.7. The summed E-state index contributed by atoms with van der Waals surface area (Å²) in [6.45, 7) is 1.67. The molecule has 0 N–H and O–H groups in total. The fraction of sp³-hybridized carbons (Fsp3) is 0.304. The highest BCUT2D eigenvalue weighted by molar-refractivity contribution is 7.89. The number of anilines is 1. The minimum Gasteiger partial charge on any atom is -0.455 e. The molecule has 168 valence electrons. The van der Waals surface area contributed by atoms with Gasteiger partial charge >= 0.3 is 5.97 Å². The SMILES string of the molecule is CN(C)S(=O)(=O)c1ccc(N2CCCC2)c(C(=O)OCc2csc(-c3ccccc3)n2)c1. The van der Waals surface area contributed by atoms with Crippen molar-refractivity contribution in [3.05, 3.63) is 65.2 Å². The topological polar surface area (TPSA) is 79.8 Å². The summed E-state index contributed by atoms with van der Waals surface area (Å²) in [5.41, 5.74) is 2.62. The summed E-state index contributed by atoms with van der Waals surface area (Å²) < 4.78 is 31.9. The number of carbonyl (C=O) groups is 1. The minimum atomic E-state index is -3.67. The number of carbonyl (C=O) groups excluding carboxylic acids is 1. The smallest absolute Gasteiger partial charge is 0.340 e. The van der Waals surface area contributed by atoms with Gasteiger partial charge in [0.2, 0.25) is 10.0 Å². The molecule has 0 atom stereocenters. The molecular formula is C23H25N3O4S2. The Morgan fingerprint density at radius 3 is 2.53 bits per heavy atom. The maximum Gasteiger partial charge on any atom is 0.340 e. The van der Waals surface area contributed by atoms with Crippen LogP contribution in [0.1, 0.15) is 28.9 Å². The largest absolute Gasteiger partial charge is 0.455 e. The number of sulfonamides is 1. The zero-order chi connectivity index (χ0) is 22.7. The second-order valence-corrected chi connectivity index (χ2v) is 10.8. The number of ether oxygens (including phenoxy) is 1. The van der Waals surface area contributed by atoms with Crippen LogP contribution in [0, 0.1) is 0 Å². The average Bonchev–Trinajstić information content (AvgIpc) is 3.50. The lowest BCUT2D eigenvalue weighted by Crippen LogP contribution is -2.24. The number of hydrogen-bond donors (Lipinski definition) is 0. The van der Waals surface area contributed by atoms with Crippen molar-refractivity contribution < 1.29 is 17.9 Å². The summed E-state index contributed by atoms with van der Waals surface area (Å²) in [6, 6.07) is 14.5. The van der Waals surface area contributed by atoms with Crippen molar-refractivity contribution in [1.29, 1.82) is 0 Å². The molecule has 0 spiro atoms. The van der Waals surface area contributed by atoms with Crippen LogP contribution in [0.3, 0.4) is 0 Å². The van der Waals surface area contributed by atoms with Gasteiger partial charge in [0.1, 0.15) is 11.6 Å². The lowest BCUT2D eigenvalue weighted by molar-refractivity contribution is 0.0469. The molecule has 1 fully saturated rings. The third-order valence-corrected chi connectivity index (χ3v) is 8.09. The van der Waals surface area contributed by atoms with E-state index in [1.54, 1.807) is 12.1 Å². The van der Waals surface area contributed by atoms with Gasteiger partial charge in [-0.15, -0.1) is 11.3 Å². The van der Waals surface area contributed by atoms with E-state index in [1.165, 1.54) is 31.5 Å². The van der Waals surface area contributed by atoms with Crippen LogP contribution in [0.2, 0.25) is 0 Å². The summed E-state index contributed by atoms with van der Waals surface area (Å²) in [5.74, 6) is -0.558. The molecule has 0 unspecified atom stereocenters. The first-order valence-electron chi connectivity index (χ1n) is 10.3. The van der Waals surface area contributed by atoms with Crippen molar-refractivity contribution >= 4 is 33.0 Å². The van der Waals surface area contributed by atoms with Gasteiger partial charge in [-0.25, -0.2) is 22.5 Å². The summed E-state index contributed by atoms with van der Waals surface area (Å²) >= 11 is 1.49. The van der Waals surface area contributed by atoms with E-state index in [2.05, 4.69) is 9.88 Å². The summed E-state index contributed by atoms with van der Waals surface area (Å²) in [5, 5.41) is 2.72. The van der Waals surface area contributed by atoms with Gasteiger partial charge in [0.25, 0.3) is 0 Å². The third-order valence-electron chi connectivity index (χ3n) is 5.34. The van der Waals surface area contributed by atoms with E-state index < -0.39 is 16.0 Å². The molecule has 0 radical (unpaired) electrons. The monoisotopic (exact) mass is 471 g/mol. The Balaban J connectivity index is 1.57. The second kappa shape index (κ2) is 9.40. The maximum absolute atomic E-state index is 13.0. The molecule has 1 aromatic heterocycles. The molecule has 0 aliphatic carbocycles. The van der Waals surface area contributed by atoms with Crippen LogP contribution < -0.4 is 4.90 Å². The molecule has 4 rings (SSSR count). The standard InChI is InChI=1S/C23H25N3O4S2/c1-25(2)32(28,29)19-10-11-21(26-12-6-7-13-26)20(14-19)23(27)30-15-18-16-31-22(24-18)17-8-4-3-5-9-17/h3-5,8-11,14,16H,6-7,12-13,15H2,1-2H3. The summed E-state index contributed by atoms with van der Waals surface area (Å²) in [4.78, 5) is 19.8. The van der Waals surface area contributed by atoms with Gasteiger partial charge in [-0.2, -0.15) is 0 Å². The van der Waals surface area contributed by atoms with Crippen LogP contribution in [0.25, 0.3) is 10.6 Å². The number of rotatable bonds is 7. The number of hydrogen-bond acceptors (Lipinski definition) is 7. The number of thiazole rings is 1. The lowest BCUT2D eigenvalue weighted by Gasteiger charge is -2.22. The Bertz CT molecular complexity index is 1200. The minimum absolute atomic E-state index is 0.0201. The Kier molecular flexibility index (Phi) is 6.59. The highest BCUT2D eigenvalue weighted by atomic mass is 32.2. The van der Waals surface area contributed by atoms with Gasteiger partial charge < -0.3 is 9.64 Å². The number of esters is 1. The Labute approximate surface area is 192 Å². The van der Waals surface area contributed by atoms with E-state index in [0.717, 1.165) is 40.8 Å². The van der Waals surface area contributed by atoms with Gasteiger partial charge in [-0.05, 0) is 31.0 Å². The van der Waals surface area contributed by atoms with Gasteiger partial charge in [-0.3, -0.25) is 0 Å². The molecule has 7 nitrogen and oxygen atoms in total. The molecule has 9 heteroatoms.